The van der Waals surface area contributed by atoms with E-state index in [0.717, 1.165) is 22.0 Å². The van der Waals surface area contributed by atoms with Gasteiger partial charge in [0.25, 0.3) is 0 Å². The number of sulfonamides is 1. The number of carbonyl (C=O) groups excluding carboxylic acids is 1. The molecule has 5 rings (SSSR count). The third-order valence-electron chi connectivity index (χ3n) is 6.84. The summed E-state index contributed by atoms with van der Waals surface area (Å²) in [5, 5.41) is 10.6. The summed E-state index contributed by atoms with van der Waals surface area (Å²) in [6, 6.07) is 7.94. The molecule has 0 saturated carbocycles. The number of para-hydroxylation sites is 1. The maximum atomic E-state index is 12.9. The first-order valence-electron chi connectivity index (χ1n) is 12.5. The van der Waals surface area contributed by atoms with Crippen molar-refractivity contribution in [2.45, 2.75) is 50.9 Å². The minimum atomic E-state index is -4.55. The highest BCUT2D eigenvalue weighted by molar-refractivity contribution is 7.92. The van der Waals surface area contributed by atoms with E-state index >= 15 is 0 Å². The van der Waals surface area contributed by atoms with Crippen molar-refractivity contribution < 1.29 is 31.2 Å². The number of hydrogen-bond acceptors (Lipinski definition) is 8. The number of carbonyl (C=O) groups is 1. The van der Waals surface area contributed by atoms with Gasteiger partial charge in [0.05, 0.1) is 22.6 Å². The van der Waals surface area contributed by atoms with Crippen molar-refractivity contribution in [3.8, 4) is 0 Å². The molecule has 0 radical (unpaired) electrons. The van der Waals surface area contributed by atoms with Crippen LogP contribution in [0.1, 0.15) is 58.9 Å². The number of likely N-dealkylation sites (tertiary alicyclic amines) is 1. The maximum Gasteiger partial charge on any atom is 0.435 e. The molecular formula is C25H27F3N6O4S2. The minimum Gasteiger partial charge on any atom is -0.387 e. The fraction of sp³-hybridized carbons (Fsp3) is 0.440. The molecule has 2 aliphatic heterocycles. The second-order valence-corrected chi connectivity index (χ2v) is 12.5. The van der Waals surface area contributed by atoms with Crippen molar-refractivity contribution in [1.29, 1.82) is 0 Å². The molecule has 0 spiro atoms. The Hall–Kier alpha value is -3.46. The van der Waals surface area contributed by atoms with Crippen LogP contribution in [0.25, 0.3) is 0 Å². The largest absolute Gasteiger partial charge is 0.435 e. The number of rotatable bonds is 7. The molecule has 1 N–H and O–H groups in total. The van der Waals surface area contributed by atoms with Crippen LogP contribution >= 0.6 is 11.3 Å². The van der Waals surface area contributed by atoms with Gasteiger partial charge in [-0.2, -0.15) is 18.3 Å². The zero-order chi connectivity index (χ0) is 28.7. The van der Waals surface area contributed by atoms with E-state index in [1.54, 1.807) is 29.2 Å². The van der Waals surface area contributed by atoms with Crippen molar-refractivity contribution in [1.82, 2.24) is 19.7 Å². The van der Waals surface area contributed by atoms with Crippen molar-refractivity contribution in [2.24, 2.45) is 5.16 Å². The van der Waals surface area contributed by atoms with Gasteiger partial charge in [0.15, 0.2) is 11.8 Å². The van der Waals surface area contributed by atoms with E-state index in [1.165, 1.54) is 18.3 Å². The second-order valence-electron chi connectivity index (χ2n) is 9.85. The first kappa shape index (κ1) is 28.1. The maximum absolute atomic E-state index is 12.9. The number of anilines is 1. The Balaban J connectivity index is 1.17. The van der Waals surface area contributed by atoms with E-state index in [4.69, 9.17) is 9.82 Å². The van der Waals surface area contributed by atoms with Crippen LogP contribution in [-0.4, -0.2) is 59.0 Å². The van der Waals surface area contributed by atoms with Gasteiger partial charge in [-0.15, -0.1) is 11.3 Å². The van der Waals surface area contributed by atoms with E-state index in [1.807, 2.05) is 5.38 Å². The van der Waals surface area contributed by atoms with Crippen LogP contribution in [0, 0.1) is 6.92 Å². The average molecular weight is 597 g/mol. The number of benzene rings is 1. The van der Waals surface area contributed by atoms with E-state index < -0.39 is 28.0 Å². The Labute approximate surface area is 232 Å². The highest BCUT2D eigenvalue weighted by atomic mass is 32.2. The Morgan fingerprint density at radius 2 is 1.95 bits per heavy atom. The van der Waals surface area contributed by atoms with Gasteiger partial charge in [-0.3, -0.25) is 14.2 Å². The van der Waals surface area contributed by atoms with Gasteiger partial charge in [0, 0.05) is 42.1 Å². The summed E-state index contributed by atoms with van der Waals surface area (Å²) in [6.45, 7) is 2.20. The predicted octanol–water partition coefficient (Wildman–Crippen LogP) is 4.31. The molecule has 1 atom stereocenters. The molecule has 1 saturated heterocycles. The van der Waals surface area contributed by atoms with Crippen molar-refractivity contribution >= 4 is 38.7 Å². The molecule has 1 amide bonds. The van der Waals surface area contributed by atoms with Crippen molar-refractivity contribution in [2.75, 3.05) is 24.1 Å². The van der Waals surface area contributed by atoms with Gasteiger partial charge in [-0.25, -0.2) is 13.4 Å². The summed E-state index contributed by atoms with van der Waals surface area (Å²) in [4.78, 5) is 24.8. The smallest absolute Gasteiger partial charge is 0.387 e. The number of oxime groups is 1. The summed E-state index contributed by atoms with van der Waals surface area (Å²) in [7, 11) is -3.46. The summed E-state index contributed by atoms with van der Waals surface area (Å²) in [5.41, 5.74) is 1.76. The van der Waals surface area contributed by atoms with Gasteiger partial charge in [0.1, 0.15) is 12.3 Å². The monoisotopic (exact) mass is 596 g/mol. The predicted molar refractivity (Wildman–Crippen MR) is 143 cm³/mol. The fourth-order valence-corrected chi connectivity index (χ4v) is 6.37. The Morgan fingerprint density at radius 3 is 2.62 bits per heavy atom. The molecule has 1 aromatic carbocycles. The van der Waals surface area contributed by atoms with Crippen LogP contribution in [-0.2, 0) is 32.4 Å². The standard InChI is InChI=1S/C25H27F3N6O4S2/c1-15-11-22(25(26,27)28)30-34(15)13-23(35)33-9-7-16(8-10-33)24-29-20(14-39-24)19-12-21(38-31-19)17-5-3-4-6-18(17)32-40(2,36)37/h3-6,11,14,16,21,32H,7-10,12-13H2,1-2H3. The van der Waals surface area contributed by atoms with Crippen LogP contribution in [0.5, 0.6) is 0 Å². The molecule has 40 heavy (non-hydrogen) atoms. The number of halogens is 3. The van der Waals surface area contributed by atoms with Gasteiger partial charge < -0.3 is 9.74 Å². The number of alkyl halides is 3. The Morgan fingerprint density at radius 1 is 1.23 bits per heavy atom. The Kier molecular flexibility index (Phi) is 7.61. The highest BCUT2D eigenvalue weighted by Gasteiger charge is 2.35. The number of nitrogens with zero attached hydrogens (tertiary/aromatic N) is 5. The highest BCUT2D eigenvalue weighted by Crippen LogP contribution is 2.36. The summed E-state index contributed by atoms with van der Waals surface area (Å²) >= 11 is 1.51. The lowest BCUT2D eigenvalue weighted by atomic mass is 9.97. The molecule has 10 nitrogen and oxygen atoms in total. The second kappa shape index (κ2) is 10.8. The molecule has 3 aromatic rings. The van der Waals surface area contributed by atoms with Crippen molar-refractivity contribution in [3.63, 3.8) is 0 Å². The zero-order valence-electron chi connectivity index (χ0n) is 21.7. The number of nitrogens with one attached hydrogen (secondary N) is 1. The third kappa shape index (κ3) is 6.30. The van der Waals surface area contributed by atoms with Crippen LogP contribution < -0.4 is 4.72 Å². The lowest BCUT2D eigenvalue weighted by Gasteiger charge is -2.31. The number of thiazole rings is 1. The van der Waals surface area contributed by atoms with Gasteiger partial charge in [-0.1, -0.05) is 23.4 Å². The number of piperidine rings is 1. The van der Waals surface area contributed by atoms with Gasteiger partial charge in [-0.05, 0) is 31.9 Å². The molecule has 15 heteroatoms. The lowest BCUT2D eigenvalue weighted by molar-refractivity contribution is -0.142. The van der Waals surface area contributed by atoms with E-state index in [0.29, 0.717) is 55.0 Å². The molecule has 4 heterocycles. The average Bonchev–Trinajstić information content (AvgIpc) is 3.63. The molecular weight excluding hydrogens is 569 g/mol. The SMILES string of the molecule is Cc1cc(C(F)(F)F)nn1CC(=O)N1CCC(c2nc(C3=NOC(c4ccccc4NS(C)(=O)=O)C3)cs2)CC1. The third-order valence-corrected chi connectivity index (χ3v) is 8.44. The number of aryl methyl sites for hydroxylation is 1. The first-order chi connectivity index (χ1) is 18.9. The molecule has 2 aromatic heterocycles. The van der Waals surface area contributed by atoms with Crippen LogP contribution in [0.2, 0.25) is 0 Å². The van der Waals surface area contributed by atoms with Crippen LogP contribution in [0.4, 0.5) is 18.9 Å². The molecule has 1 unspecified atom stereocenters. The molecule has 0 aliphatic carbocycles. The minimum absolute atomic E-state index is 0.143. The number of amides is 1. The molecule has 0 bridgehead atoms. The molecule has 214 valence electrons. The van der Waals surface area contributed by atoms with Crippen LogP contribution in [0.15, 0.2) is 40.9 Å². The quantitative estimate of drug-likeness (QED) is 0.434. The summed E-state index contributed by atoms with van der Waals surface area (Å²) in [6.07, 6.45) is -2.12. The number of hydrogen-bond donors (Lipinski definition) is 1. The lowest BCUT2D eigenvalue weighted by Crippen LogP contribution is -2.40. The molecule has 1 fully saturated rings. The normalized spacial score (nSPS) is 18.5. The topological polar surface area (TPSA) is 119 Å². The number of aromatic nitrogens is 3. The summed E-state index contributed by atoms with van der Waals surface area (Å²) in [5.74, 6) is -0.128. The van der Waals surface area contributed by atoms with Gasteiger partial charge in [0.2, 0.25) is 15.9 Å². The van der Waals surface area contributed by atoms with E-state index in [9.17, 15) is 26.4 Å². The molecule has 2 aliphatic rings. The van der Waals surface area contributed by atoms with Crippen molar-refractivity contribution in [3.05, 3.63) is 63.4 Å². The van der Waals surface area contributed by atoms with E-state index in [2.05, 4.69) is 15.0 Å². The zero-order valence-corrected chi connectivity index (χ0v) is 23.3. The summed E-state index contributed by atoms with van der Waals surface area (Å²) < 4.78 is 65.9. The Bertz CT molecular complexity index is 1540. The van der Waals surface area contributed by atoms with Crippen LogP contribution in [0.3, 0.4) is 0 Å². The van der Waals surface area contributed by atoms with Gasteiger partial charge >= 0.3 is 6.18 Å². The first-order valence-corrected chi connectivity index (χ1v) is 15.3. The fourth-order valence-electron chi connectivity index (χ4n) is 4.79. The van der Waals surface area contributed by atoms with E-state index in [-0.39, 0.29) is 24.1 Å².